The Kier molecular flexibility index (Phi) is 4.65. The summed E-state index contributed by atoms with van der Waals surface area (Å²) < 4.78 is 7.03. The van der Waals surface area contributed by atoms with Gasteiger partial charge in [-0.2, -0.15) is 10.2 Å². The molecule has 0 aliphatic carbocycles. The van der Waals surface area contributed by atoms with Crippen LogP contribution in [-0.2, 0) is 13.1 Å². The number of nitrogens with one attached hydrogen (secondary N) is 1. The van der Waals surface area contributed by atoms with Crippen molar-refractivity contribution in [3.05, 3.63) is 47.5 Å². The second-order valence-corrected chi connectivity index (χ2v) is 6.69. The summed E-state index contributed by atoms with van der Waals surface area (Å²) in [7, 11) is 0. The highest BCUT2D eigenvalue weighted by molar-refractivity contribution is 5.44. The summed E-state index contributed by atoms with van der Waals surface area (Å²) >= 11 is 0. The molecule has 1 unspecified atom stereocenters. The predicted octanol–water partition coefficient (Wildman–Crippen LogP) is 1.65. The standard InChI is InChI=1S/C18H21N7O/c1-13-22-17(23-26-13)12-24-6-2-3-15(11-24)20-8-16-9-21-18-5-4-14(7-19)10-25(16)18/h4-5,9-10,15,20H,2-3,6,8,11-12H2,1H3. The topological polar surface area (TPSA) is 95.3 Å². The number of aromatic nitrogens is 4. The van der Waals surface area contributed by atoms with Gasteiger partial charge in [-0.15, -0.1) is 0 Å². The monoisotopic (exact) mass is 351 g/mol. The van der Waals surface area contributed by atoms with Crippen LogP contribution in [0.1, 0.15) is 35.8 Å². The number of piperidine rings is 1. The fourth-order valence-electron chi connectivity index (χ4n) is 3.45. The van der Waals surface area contributed by atoms with Crippen LogP contribution in [0.25, 0.3) is 5.65 Å². The first-order valence-electron chi connectivity index (χ1n) is 8.82. The molecule has 1 saturated heterocycles. The Morgan fingerprint density at radius 3 is 3.15 bits per heavy atom. The molecule has 134 valence electrons. The molecule has 1 aliphatic rings. The van der Waals surface area contributed by atoms with Crippen molar-refractivity contribution in [1.82, 2.24) is 29.7 Å². The van der Waals surface area contributed by atoms with Gasteiger partial charge in [0, 0.05) is 32.3 Å². The normalized spacial score (nSPS) is 18.2. The number of aryl methyl sites for hydroxylation is 1. The van der Waals surface area contributed by atoms with Crippen LogP contribution in [0.5, 0.6) is 0 Å². The number of rotatable bonds is 5. The van der Waals surface area contributed by atoms with E-state index in [9.17, 15) is 0 Å². The van der Waals surface area contributed by atoms with Gasteiger partial charge in [0.25, 0.3) is 0 Å². The summed E-state index contributed by atoms with van der Waals surface area (Å²) in [5, 5.41) is 16.7. The average Bonchev–Trinajstić information content (AvgIpc) is 3.25. The van der Waals surface area contributed by atoms with E-state index in [-0.39, 0.29) is 0 Å². The van der Waals surface area contributed by atoms with Crippen molar-refractivity contribution >= 4 is 5.65 Å². The summed E-state index contributed by atoms with van der Waals surface area (Å²) in [4.78, 5) is 11.1. The van der Waals surface area contributed by atoms with Gasteiger partial charge in [-0.25, -0.2) is 4.98 Å². The molecule has 8 heteroatoms. The van der Waals surface area contributed by atoms with Crippen molar-refractivity contribution in [2.24, 2.45) is 0 Å². The summed E-state index contributed by atoms with van der Waals surface area (Å²) in [5.41, 5.74) is 2.55. The molecule has 0 aromatic carbocycles. The summed E-state index contributed by atoms with van der Waals surface area (Å²) in [6.45, 7) is 5.25. The average molecular weight is 351 g/mol. The van der Waals surface area contributed by atoms with E-state index in [0.717, 1.165) is 56.2 Å². The van der Waals surface area contributed by atoms with Crippen LogP contribution < -0.4 is 5.32 Å². The number of nitriles is 1. The van der Waals surface area contributed by atoms with Crippen LogP contribution >= 0.6 is 0 Å². The molecular weight excluding hydrogens is 330 g/mol. The molecule has 0 amide bonds. The van der Waals surface area contributed by atoms with Crippen molar-refractivity contribution in [2.75, 3.05) is 13.1 Å². The summed E-state index contributed by atoms with van der Waals surface area (Å²) in [5.74, 6) is 1.35. The molecular formula is C18H21N7O. The van der Waals surface area contributed by atoms with Crippen LogP contribution in [0.3, 0.4) is 0 Å². The van der Waals surface area contributed by atoms with Gasteiger partial charge in [0.05, 0.1) is 24.0 Å². The largest absolute Gasteiger partial charge is 0.340 e. The number of nitrogens with zero attached hydrogens (tertiary/aromatic N) is 6. The number of likely N-dealkylation sites (tertiary alicyclic amines) is 1. The van der Waals surface area contributed by atoms with E-state index < -0.39 is 0 Å². The minimum absolute atomic E-state index is 0.404. The lowest BCUT2D eigenvalue weighted by Crippen LogP contribution is -2.45. The van der Waals surface area contributed by atoms with Gasteiger partial charge in [0.15, 0.2) is 5.82 Å². The zero-order chi connectivity index (χ0) is 17.9. The third kappa shape index (κ3) is 3.59. The molecule has 26 heavy (non-hydrogen) atoms. The lowest BCUT2D eigenvalue weighted by molar-refractivity contribution is 0.177. The second kappa shape index (κ2) is 7.23. The Labute approximate surface area is 151 Å². The van der Waals surface area contributed by atoms with E-state index in [1.54, 1.807) is 6.07 Å². The first-order chi connectivity index (χ1) is 12.7. The molecule has 1 N–H and O–H groups in total. The van der Waals surface area contributed by atoms with Gasteiger partial charge >= 0.3 is 0 Å². The number of pyridine rings is 1. The van der Waals surface area contributed by atoms with Crippen LogP contribution in [0.4, 0.5) is 0 Å². The first kappa shape index (κ1) is 16.7. The van der Waals surface area contributed by atoms with E-state index in [1.807, 2.05) is 29.8 Å². The highest BCUT2D eigenvalue weighted by Crippen LogP contribution is 2.14. The molecule has 4 heterocycles. The van der Waals surface area contributed by atoms with E-state index in [0.29, 0.717) is 17.5 Å². The highest BCUT2D eigenvalue weighted by atomic mass is 16.5. The Morgan fingerprint density at radius 1 is 1.42 bits per heavy atom. The maximum Gasteiger partial charge on any atom is 0.223 e. The zero-order valence-electron chi connectivity index (χ0n) is 14.7. The number of fused-ring (bicyclic) bond motifs is 1. The van der Waals surface area contributed by atoms with Crippen LogP contribution in [0.15, 0.2) is 29.0 Å². The molecule has 8 nitrogen and oxygen atoms in total. The van der Waals surface area contributed by atoms with Gasteiger partial charge in [0.2, 0.25) is 5.89 Å². The van der Waals surface area contributed by atoms with Gasteiger partial charge in [-0.05, 0) is 31.5 Å². The van der Waals surface area contributed by atoms with Crippen LogP contribution in [0.2, 0.25) is 0 Å². The third-order valence-electron chi connectivity index (χ3n) is 4.72. The Bertz CT molecular complexity index is 939. The van der Waals surface area contributed by atoms with E-state index >= 15 is 0 Å². The molecule has 1 aliphatic heterocycles. The lowest BCUT2D eigenvalue weighted by Gasteiger charge is -2.32. The molecule has 1 atom stereocenters. The SMILES string of the molecule is Cc1nc(CN2CCCC(NCc3cnc4ccc(C#N)cn34)C2)no1. The summed E-state index contributed by atoms with van der Waals surface area (Å²) in [6, 6.07) is 6.24. The van der Waals surface area contributed by atoms with Crippen molar-refractivity contribution < 1.29 is 4.52 Å². The Morgan fingerprint density at radius 2 is 2.35 bits per heavy atom. The van der Waals surface area contributed by atoms with Crippen LogP contribution in [-0.4, -0.2) is 43.6 Å². The number of hydrogen-bond donors (Lipinski definition) is 1. The predicted molar refractivity (Wildman–Crippen MR) is 94.1 cm³/mol. The molecule has 3 aromatic heterocycles. The van der Waals surface area contributed by atoms with E-state index in [4.69, 9.17) is 9.78 Å². The van der Waals surface area contributed by atoms with Gasteiger partial charge in [-0.1, -0.05) is 5.16 Å². The van der Waals surface area contributed by atoms with Crippen molar-refractivity contribution in [3.63, 3.8) is 0 Å². The van der Waals surface area contributed by atoms with Crippen LogP contribution in [0, 0.1) is 18.3 Å². The molecule has 0 spiro atoms. The van der Waals surface area contributed by atoms with Gasteiger partial charge < -0.3 is 14.2 Å². The van der Waals surface area contributed by atoms with Crippen molar-refractivity contribution in [1.29, 1.82) is 5.26 Å². The lowest BCUT2D eigenvalue weighted by atomic mass is 10.1. The minimum atomic E-state index is 0.404. The highest BCUT2D eigenvalue weighted by Gasteiger charge is 2.21. The molecule has 3 aromatic rings. The zero-order valence-corrected chi connectivity index (χ0v) is 14.7. The summed E-state index contributed by atoms with van der Waals surface area (Å²) in [6.07, 6.45) is 5.99. The Balaban J connectivity index is 1.38. The maximum absolute atomic E-state index is 9.09. The van der Waals surface area contributed by atoms with E-state index in [2.05, 4.69) is 31.4 Å². The molecule has 1 fully saturated rings. The van der Waals surface area contributed by atoms with Gasteiger partial charge in [-0.3, -0.25) is 4.90 Å². The number of hydrogen-bond acceptors (Lipinski definition) is 7. The maximum atomic E-state index is 9.09. The second-order valence-electron chi connectivity index (χ2n) is 6.69. The molecule has 0 radical (unpaired) electrons. The number of imidazole rings is 1. The smallest absolute Gasteiger partial charge is 0.223 e. The van der Waals surface area contributed by atoms with Crippen molar-refractivity contribution in [2.45, 2.75) is 38.9 Å². The van der Waals surface area contributed by atoms with E-state index in [1.165, 1.54) is 0 Å². The fraction of sp³-hybridized carbons (Fsp3) is 0.444. The van der Waals surface area contributed by atoms with Gasteiger partial charge in [0.1, 0.15) is 11.7 Å². The fourth-order valence-corrected chi connectivity index (χ4v) is 3.45. The quantitative estimate of drug-likeness (QED) is 0.747. The first-order valence-corrected chi connectivity index (χ1v) is 8.82. The molecule has 4 rings (SSSR count). The minimum Gasteiger partial charge on any atom is -0.340 e. The Hall–Kier alpha value is -2.76. The molecule has 0 bridgehead atoms. The third-order valence-corrected chi connectivity index (χ3v) is 4.72. The molecule has 0 saturated carbocycles. The van der Waals surface area contributed by atoms with Crippen molar-refractivity contribution in [3.8, 4) is 6.07 Å².